The van der Waals surface area contributed by atoms with Gasteiger partial charge in [0.15, 0.2) is 6.10 Å². The van der Waals surface area contributed by atoms with Crippen LogP contribution in [0.5, 0.6) is 0 Å². The minimum absolute atomic E-state index is 0.0866. The van der Waals surface area contributed by atoms with Gasteiger partial charge < -0.3 is 10.1 Å². The number of ether oxygens (including phenoxy) is 1. The summed E-state index contributed by atoms with van der Waals surface area (Å²) in [4.78, 5) is 32.3. The highest BCUT2D eigenvalue weighted by Gasteiger charge is 2.37. The highest BCUT2D eigenvalue weighted by molar-refractivity contribution is 5.96. The molecule has 0 aliphatic rings. The number of rotatable bonds is 6. The van der Waals surface area contributed by atoms with E-state index < -0.39 is 30.0 Å². The highest BCUT2D eigenvalue weighted by atomic mass is 19.4. The van der Waals surface area contributed by atoms with E-state index in [0.717, 1.165) is 15.6 Å². The topological polar surface area (TPSA) is 98.5 Å². The van der Waals surface area contributed by atoms with Gasteiger partial charge >= 0.3 is 12.1 Å². The summed E-state index contributed by atoms with van der Waals surface area (Å²) >= 11 is 0. The van der Waals surface area contributed by atoms with Gasteiger partial charge in [-0.25, -0.2) is 9.50 Å². The fourth-order valence-electron chi connectivity index (χ4n) is 3.46. The number of hydrogen-bond donors (Lipinski definition) is 1. The van der Waals surface area contributed by atoms with Gasteiger partial charge in [-0.1, -0.05) is 18.2 Å². The Morgan fingerprint density at radius 2 is 1.76 bits per heavy atom. The van der Waals surface area contributed by atoms with Crippen molar-refractivity contribution in [1.29, 1.82) is 0 Å². The zero-order valence-electron chi connectivity index (χ0n) is 18.9. The van der Waals surface area contributed by atoms with E-state index in [-0.39, 0.29) is 18.6 Å². The number of esters is 1. The number of amides is 1. The molecule has 0 radical (unpaired) electrons. The molecule has 2 heterocycles. The van der Waals surface area contributed by atoms with Crippen LogP contribution in [-0.2, 0) is 26.9 Å². The average molecular weight is 463 g/mol. The van der Waals surface area contributed by atoms with Crippen LogP contribution in [0.3, 0.4) is 0 Å². The Bertz CT molecular complexity index is 1200. The maximum Gasteiger partial charge on any atom is 0.453 e. The molecule has 1 aromatic carbocycles. The van der Waals surface area contributed by atoms with Crippen molar-refractivity contribution in [3.8, 4) is 0 Å². The Balaban J connectivity index is 1.66. The third-order valence-electron chi connectivity index (χ3n) is 5.29. The number of para-hydroxylation sites is 1. The minimum Gasteiger partial charge on any atom is -0.453 e. The molecule has 0 fully saturated rings. The van der Waals surface area contributed by atoms with Crippen molar-refractivity contribution in [2.75, 3.05) is 5.32 Å². The number of nitrogens with zero attached hydrogens (tertiary/aromatic N) is 4. The number of carbonyl (C=O) groups excluding carboxylic acids is 2. The molecule has 1 N–H and O–H groups in total. The minimum atomic E-state index is -4.69. The SMILES string of the molecule is Cc1cccc(C)c1NC(=O)C(C)OC(=O)CCc1c(C)nc2nc(C(F)(F)F)nn2c1C. The molecule has 8 nitrogen and oxygen atoms in total. The van der Waals surface area contributed by atoms with E-state index in [1.165, 1.54) is 6.92 Å². The second kappa shape index (κ2) is 9.16. The summed E-state index contributed by atoms with van der Waals surface area (Å²) in [5.41, 5.74) is 3.84. The summed E-state index contributed by atoms with van der Waals surface area (Å²) in [7, 11) is 0. The fourth-order valence-corrected chi connectivity index (χ4v) is 3.46. The van der Waals surface area contributed by atoms with Crippen molar-refractivity contribution in [2.24, 2.45) is 0 Å². The van der Waals surface area contributed by atoms with Gasteiger partial charge in [-0.05, 0) is 57.7 Å². The van der Waals surface area contributed by atoms with E-state index in [2.05, 4.69) is 20.4 Å². The summed E-state index contributed by atoms with van der Waals surface area (Å²) in [6.45, 7) is 8.40. The number of hydrogen-bond acceptors (Lipinski definition) is 6. The van der Waals surface area contributed by atoms with Gasteiger partial charge in [-0.3, -0.25) is 9.59 Å². The molecule has 0 spiro atoms. The number of nitrogens with one attached hydrogen (secondary N) is 1. The Kier molecular flexibility index (Phi) is 6.71. The lowest BCUT2D eigenvalue weighted by molar-refractivity contribution is -0.153. The van der Waals surface area contributed by atoms with Crippen LogP contribution in [0.4, 0.5) is 18.9 Å². The quantitative estimate of drug-likeness (QED) is 0.557. The molecule has 33 heavy (non-hydrogen) atoms. The smallest absolute Gasteiger partial charge is 0.453 e. The lowest BCUT2D eigenvalue weighted by Crippen LogP contribution is -2.30. The number of aryl methyl sites for hydroxylation is 4. The number of benzene rings is 1. The van der Waals surface area contributed by atoms with E-state index in [0.29, 0.717) is 22.6 Å². The van der Waals surface area contributed by atoms with Gasteiger partial charge in [-0.2, -0.15) is 18.2 Å². The summed E-state index contributed by atoms with van der Waals surface area (Å²) in [5.74, 6) is -2.52. The van der Waals surface area contributed by atoms with Gasteiger partial charge in [0.05, 0.1) is 0 Å². The lowest BCUT2D eigenvalue weighted by atomic mass is 10.1. The molecule has 3 aromatic rings. The zero-order chi connectivity index (χ0) is 24.5. The molecule has 0 saturated heterocycles. The van der Waals surface area contributed by atoms with E-state index in [1.807, 2.05) is 32.0 Å². The number of anilines is 1. The predicted octanol–water partition coefficient (Wildman–Crippen LogP) is 3.88. The van der Waals surface area contributed by atoms with Crippen molar-refractivity contribution in [1.82, 2.24) is 19.6 Å². The van der Waals surface area contributed by atoms with Crippen LogP contribution in [0, 0.1) is 27.7 Å². The third-order valence-corrected chi connectivity index (χ3v) is 5.29. The van der Waals surface area contributed by atoms with Gasteiger partial charge in [-0.15, -0.1) is 5.10 Å². The van der Waals surface area contributed by atoms with Crippen LogP contribution in [0.1, 0.15) is 47.2 Å². The van der Waals surface area contributed by atoms with E-state index >= 15 is 0 Å². The Morgan fingerprint density at radius 3 is 2.36 bits per heavy atom. The van der Waals surface area contributed by atoms with Crippen LogP contribution in [0.15, 0.2) is 18.2 Å². The maximum atomic E-state index is 12.9. The van der Waals surface area contributed by atoms with Crippen molar-refractivity contribution in [3.05, 3.63) is 52.1 Å². The predicted molar refractivity (Wildman–Crippen MR) is 114 cm³/mol. The monoisotopic (exact) mass is 463 g/mol. The van der Waals surface area contributed by atoms with Crippen LogP contribution in [0.25, 0.3) is 5.78 Å². The maximum absolute atomic E-state index is 12.9. The van der Waals surface area contributed by atoms with Gasteiger partial charge in [0.25, 0.3) is 17.5 Å². The van der Waals surface area contributed by atoms with Crippen LogP contribution in [0.2, 0.25) is 0 Å². The summed E-state index contributed by atoms with van der Waals surface area (Å²) in [6, 6.07) is 5.60. The van der Waals surface area contributed by atoms with Crippen molar-refractivity contribution < 1.29 is 27.5 Å². The number of aromatic nitrogens is 4. The normalized spacial score (nSPS) is 12.6. The van der Waals surface area contributed by atoms with Gasteiger partial charge in [0, 0.05) is 23.5 Å². The fraction of sp³-hybridized carbons (Fsp3) is 0.409. The first-order valence-corrected chi connectivity index (χ1v) is 10.2. The molecule has 1 unspecified atom stereocenters. The van der Waals surface area contributed by atoms with Crippen molar-refractivity contribution >= 4 is 23.3 Å². The molecule has 0 aliphatic heterocycles. The van der Waals surface area contributed by atoms with E-state index in [1.54, 1.807) is 13.8 Å². The van der Waals surface area contributed by atoms with E-state index in [4.69, 9.17) is 4.74 Å². The van der Waals surface area contributed by atoms with E-state index in [9.17, 15) is 22.8 Å². The van der Waals surface area contributed by atoms with Gasteiger partial charge in [0.2, 0.25) is 0 Å². The highest BCUT2D eigenvalue weighted by Crippen LogP contribution is 2.27. The Labute approximate surface area is 188 Å². The van der Waals surface area contributed by atoms with Gasteiger partial charge in [0.1, 0.15) is 0 Å². The molecular formula is C22H24F3N5O3. The first-order chi connectivity index (χ1) is 15.4. The van der Waals surface area contributed by atoms with Crippen molar-refractivity contribution in [2.45, 2.75) is 59.7 Å². The molecule has 11 heteroatoms. The Hall–Kier alpha value is -3.50. The van der Waals surface area contributed by atoms with Crippen LogP contribution in [-0.4, -0.2) is 37.6 Å². The van der Waals surface area contributed by atoms with Crippen molar-refractivity contribution in [3.63, 3.8) is 0 Å². The molecule has 0 bridgehead atoms. The van der Waals surface area contributed by atoms with Crippen LogP contribution >= 0.6 is 0 Å². The molecule has 0 saturated carbocycles. The zero-order valence-corrected chi connectivity index (χ0v) is 18.9. The summed E-state index contributed by atoms with van der Waals surface area (Å²) in [5, 5.41) is 6.26. The summed E-state index contributed by atoms with van der Waals surface area (Å²) < 4.78 is 45.0. The standard InChI is InChI=1S/C22H24F3N5O3/c1-11-7-6-8-12(2)18(11)27-19(32)15(5)33-17(31)10-9-16-13(3)26-21-28-20(22(23,24)25)29-30(21)14(16)4/h6-8,15H,9-10H2,1-5H3,(H,27,32). The third kappa shape index (κ3) is 5.29. The molecule has 1 atom stereocenters. The molecule has 3 rings (SSSR count). The summed E-state index contributed by atoms with van der Waals surface area (Å²) in [6.07, 6.45) is -5.64. The number of alkyl halides is 3. The molecule has 2 aromatic heterocycles. The molecule has 0 aliphatic carbocycles. The first-order valence-electron chi connectivity index (χ1n) is 10.2. The lowest BCUT2D eigenvalue weighted by Gasteiger charge is -2.16. The average Bonchev–Trinajstić information content (AvgIpc) is 3.15. The first kappa shape index (κ1) is 24.1. The largest absolute Gasteiger partial charge is 0.453 e. The molecular weight excluding hydrogens is 439 g/mol. The number of carbonyl (C=O) groups is 2. The molecule has 176 valence electrons. The van der Waals surface area contributed by atoms with Crippen LogP contribution < -0.4 is 5.32 Å². The number of halogens is 3. The second-order valence-electron chi connectivity index (χ2n) is 7.79. The molecule has 1 amide bonds. The second-order valence-corrected chi connectivity index (χ2v) is 7.79. The number of fused-ring (bicyclic) bond motifs is 1. The Morgan fingerprint density at radius 1 is 1.12 bits per heavy atom.